The van der Waals surface area contributed by atoms with E-state index >= 15 is 0 Å². The highest BCUT2D eigenvalue weighted by molar-refractivity contribution is 6.33. The average molecular weight is 312 g/mol. The summed E-state index contributed by atoms with van der Waals surface area (Å²) in [5.41, 5.74) is 0. The van der Waals surface area contributed by atoms with E-state index in [1.807, 2.05) is 13.8 Å². The molecule has 1 aliphatic rings. The quantitative estimate of drug-likeness (QED) is 0.564. The summed E-state index contributed by atoms with van der Waals surface area (Å²) in [5, 5.41) is 24.3. The molecule has 22 heavy (non-hydrogen) atoms. The third kappa shape index (κ3) is 6.79. The molecule has 1 aromatic rings. The Bertz CT molecular complexity index is 427. The number of hydrogen-bond acceptors (Lipinski definition) is 6. The number of ether oxygens (including phenoxy) is 2. The number of rotatable bonds is 4. The molecule has 122 valence electrons. The predicted octanol–water partition coefficient (Wildman–Crippen LogP) is 1.07. The zero-order valence-corrected chi connectivity index (χ0v) is 12.6. The summed E-state index contributed by atoms with van der Waals surface area (Å²) in [6.07, 6.45) is 2.31. The fourth-order valence-corrected chi connectivity index (χ4v) is 2.35. The maximum Gasteiger partial charge on any atom is 0.707 e. The molecule has 1 aliphatic heterocycles. The molecule has 1 heterocycles. The van der Waals surface area contributed by atoms with Gasteiger partial charge in [0.1, 0.15) is 17.6 Å². The molecule has 1 saturated heterocycles. The molecule has 7 nitrogen and oxygen atoms in total. The van der Waals surface area contributed by atoms with Gasteiger partial charge in [0, 0.05) is 12.8 Å². The van der Waals surface area contributed by atoms with E-state index in [1.165, 1.54) is 0 Å². The lowest BCUT2D eigenvalue weighted by atomic mass is 10.0. The first-order valence-corrected chi connectivity index (χ1v) is 6.97. The van der Waals surface area contributed by atoms with Crippen LogP contribution >= 0.6 is 0 Å². The lowest BCUT2D eigenvalue weighted by molar-refractivity contribution is -0.122. The van der Waals surface area contributed by atoms with Crippen LogP contribution in [0.25, 0.3) is 0 Å². The van der Waals surface area contributed by atoms with Gasteiger partial charge in [-0.05, 0) is 38.1 Å². The second-order valence-corrected chi connectivity index (χ2v) is 4.99. The zero-order valence-electron chi connectivity index (χ0n) is 12.6. The third-order valence-corrected chi connectivity index (χ3v) is 3.02. The number of carbonyl (C=O) groups is 1. The Kier molecular flexibility index (Phi) is 7.72. The monoisotopic (exact) mass is 312 g/mol. The van der Waals surface area contributed by atoms with Crippen LogP contribution in [0, 0.1) is 0 Å². The smallest absolute Gasteiger partial charge is 0.512 e. The molecular weight excluding hydrogens is 291 g/mol. The maximum absolute atomic E-state index is 8.68. The fraction of sp³-hybridized carbons (Fsp3) is 0.500. The van der Waals surface area contributed by atoms with Crippen LogP contribution < -0.4 is 9.39 Å². The van der Waals surface area contributed by atoms with Gasteiger partial charge < -0.3 is 29.3 Å². The van der Waals surface area contributed by atoms with E-state index in [4.69, 9.17) is 34.1 Å². The van der Waals surface area contributed by atoms with E-state index < -0.39 is 7.32 Å². The van der Waals surface area contributed by atoms with Crippen LogP contribution in [0.2, 0.25) is 0 Å². The van der Waals surface area contributed by atoms with Gasteiger partial charge in [0.25, 0.3) is 6.47 Å². The first-order valence-electron chi connectivity index (χ1n) is 6.97. The molecule has 0 aromatic heterocycles. The van der Waals surface area contributed by atoms with E-state index in [9.17, 15) is 0 Å². The van der Waals surface area contributed by atoms with Crippen molar-refractivity contribution in [2.45, 2.75) is 45.0 Å². The lowest BCUT2D eigenvalue weighted by Crippen LogP contribution is -2.35. The minimum Gasteiger partial charge on any atom is -0.512 e. The van der Waals surface area contributed by atoms with Gasteiger partial charge in [-0.1, -0.05) is 0 Å². The first kappa shape index (κ1) is 18.3. The molecule has 2 rings (SSSR count). The second kappa shape index (κ2) is 9.29. The normalized spacial score (nSPS) is 23.7. The molecule has 0 saturated carbocycles. The van der Waals surface area contributed by atoms with Gasteiger partial charge in [0.15, 0.2) is 0 Å². The summed E-state index contributed by atoms with van der Waals surface area (Å²) in [5.74, 6) is 1.13. The number of carboxylic acid groups (broad SMARTS) is 1. The van der Waals surface area contributed by atoms with Gasteiger partial charge in [-0.25, -0.2) is 0 Å². The molecule has 1 fully saturated rings. The summed E-state index contributed by atoms with van der Waals surface area (Å²) in [6.45, 7) is 3.84. The average Bonchev–Trinajstić information content (AvgIpc) is 2.40. The molecule has 0 amide bonds. The molecule has 3 atom stereocenters. The Labute approximate surface area is 129 Å². The highest BCUT2D eigenvalue weighted by Gasteiger charge is 2.25. The van der Waals surface area contributed by atoms with Gasteiger partial charge in [-0.15, -0.1) is 0 Å². The first-order chi connectivity index (χ1) is 10.4. The fourth-order valence-electron chi connectivity index (χ4n) is 2.35. The van der Waals surface area contributed by atoms with Crippen LogP contribution in [0.1, 0.15) is 26.7 Å². The molecule has 0 aliphatic carbocycles. The van der Waals surface area contributed by atoms with Crippen LogP contribution in [-0.2, 0) is 9.53 Å². The molecule has 0 radical (unpaired) electrons. The van der Waals surface area contributed by atoms with Crippen LogP contribution in [0.3, 0.4) is 0 Å². The number of benzene rings is 1. The van der Waals surface area contributed by atoms with Gasteiger partial charge in [-0.3, -0.25) is 4.79 Å². The van der Waals surface area contributed by atoms with E-state index in [-0.39, 0.29) is 24.8 Å². The van der Waals surface area contributed by atoms with Gasteiger partial charge in [-0.2, -0.15) is 0 Å². The van der Waals surface area contributed by atoms with E-state index in [1.54, 1.807) is 24.3 Å². The van der Waals surface area contributed by atoms with Crippen molar-refractivity contribution in [1.82, 2.24) is 0 Å². The minimum atomic E-state index is -1.80. The molecule has 0 bridgehead atoms. The highest BCUT2D eigenvalue weighted by atomic mass is 16.6. The summed E-state index contributed by atoms with van der Waals surface area (Å²) >= 11 is 0. The zero-order chi connectivity index (χ0) is 16.5. The largest absolute Gasteiger partial charge is 0.707 e. The van der Waals surface area contributed by atoms with Crippen molar-refractivity contribution >= 4 is 13.8 Å². The van der Waals surface area contributed by atoms with Crippen molar-refractivity contribution in [3.8, 4) is 11.5 Å². The van der Waals surface area contributed by atoms with Crippen molar-refractivity contribution in [3.63, 3.8) is 0 Å². The van der Waals surface area contributed by atoms with E-state index in [2.05, 4.69) is 0 Å². The summed E-state index contributed by atoms with van der Waals surface area (Å²) < 4.78 is 16.3. The van der Waals surface area contributed by atoms with Crippen molar-refractivity contribution in [2.75, 3.05) is 0 Å². The Hall–Kier alpha value is -1.77. The SMILES string of the molecule is C[C@@H]1CC(Oc2ccc(OB(O)O)cc2)C[C@H](C)O1.O=CO. The third-order valence-electron chi connectivity index (χ3n) is 3.02. The number of hydrogen-bond donors (Lipinski definition) is 3. The summed E-state index contributed by atoms with van der Waals surface area (Å²) in [6, 6.07) is 6.78. The Morgan fingerprint density at radius 2 is 1.59 bits per heavy atom. The molecule has 3 N–H and O–H groups in total. The van der Waals surface area contributed by atoms with Crippen molar-refractivity contribution < 1.29 is 34.1 Å². The summed E-state index contributed by atoms with van der Waals surface area (Å²) in [7, 11) is -1.80. The lowest BCUT2D eigenvalue weighted by Gasteiger charge is -2.32. The van der Waals surface area contributed by atoms with E-state index in [0.717, 1.165) is 18.6 Å². The van der Waals surface area contributed by atoms with Gasteiger partial charge >= 0.3 is 7.32 Å². The second-order valence-electron chi connectivity index (χ2n) is 4.99. The van der Waals surface area contributed by atoms with E-state index in [0.29, 0.717) is 5.75 Å². The Balaban J connectivity index is 0.000000745. The Morgan fingerprint density at radius 3 is 2.05 bits per heavy atom. The van der Waals surface area contributed by atoms with Crippen molar-refractivity contribution in [1.29, 1.82) is 0 Å². The predicted molar refractivity (Wildman–Crippen MR) is 79.6 cm³/mol. The van der Waals surface area contributed by atoms with Gasteiger partial charge in [0.2, 0.25) is 0 Å². The van der Waals surface area contributed by atoms with Crippen LogP contribution in [0.15, 0.2) is 24.3 Å². The van der Waals surface area contributed by atoms with Crippen molar-refractivity contribution in [2.24, 2.45) is 0 Å². The van der Waals surface area contributed by atoms with Crippen molar-refractivity contribution in [3.05, 3.63) is 24.3 Å². The molecule has 0 spiro atoms. The van der Waals surface area contributed by atoms with Crippen LogP contribution in [0.4, 0.5) is 0 Å². The Morgan fingerprint density at radius 1 is 1.14 bits per heavy atom. The molecule has 1 aromatic carbocycles. The van der Waals surface area contributed by atoms with Gasteiger partial charge in [0.05, 0.1) is 12.2 Å². The molecular formula is C14H21BO7. The molecule has 1 unspecified atom stereocenters. The highest BCUT2D eigenvalue weighted by Crippen LogP contribution is 2.25. The standard InChI is InChI=1S/C13H19BO5.CH2O2/c1-9-7-13(8-10(2)17-9)18-11-3-5-12(6-4-11)19-14(15)16;2-1-3/h3-6,9-10,13,15-16H,7-8H2,1-2H3;1H,(H,2,3)/t9-,10+,13?;. The van der Waals surface area contributed by atoms with Crippen LogP contribution in [0.5, 0.6) is 11.5 Å². The summed E-state index contributed by atoms with van der Waals surface area (Å²) in [4.78, 5) is 8.36. The topological polar surface area (TPSA) is 105 Å². The van der Waals surface area contributed by atoms with Crippen LogP contribution in [-0.4, -0.2) is 47.3 Å². The minimum absolute atomic E-state index is 0.147. The molecule has 8 heteroatoms. The maximum atomic E-state index is 8.68.